The van der Waals surface area contributed by atoms with Gasteiger partial charge in [-0.15, -0.1) is 0 Å². The molecular formula is C28H48O6Si2. The van der Waals surface area contributed by atoms with Gasteiger partial charge in [-0.05, 0) is 34.7 Å². The van der Waals surface area contributed by atoms with Crippen molar-refractivity contribution in [2.75, 3.05) is 6.61 Å². The number of carbonyl (C=O) groups excluding carboxylic acids is 3. The molecule has 8 heteroatoms. The van der Waals surface area contributed by atoms with Crippen LogP contribution in [0.5, 0.6) is 0 Å². The van der Waals surface area contributed by atoms with Crippen LogP contribution in [-0.4, -0.2) is 46.4 Å². The third-order valence-corrected chi connectivity index (χ3v) is 17.5. The van der Waals surface area contributed by atoms with Crippen molar-refractivity contribution in [3.05, 3.63) is 35.9 Å². The summed E-state index contributed by atoms with van der Waals surface area (Å²) < 4.78 is 17.4. The van der Waals surface area contributed by atoms with E-state index >= 15 is 0 Å². The summed E-state index contributed by atoms with van der Waals surface area (Å²) in [7, 11) is -4.59. The third kappa shape index (κ3) is 9.59. The maximum atomic E-state index is 13.6. The molecule has 2 atom stereocenters. The molecular weight excluding hydrogens is 488 g/mol. The zero-order valence-electron chi connectivity index (χ0n) is 24.3. The van der Waals surface area contributed by atoms with Crippen LogP contribution in [0.2, 0.25) is 36.3 Å². The number of carbonyl (C=O) groups is 3. The molecule has 1 aromatic rings. The Morgan fingerprint density at radius 1 is 0.833 bits per heavy atom. The summed E-state index contributed by atoms with van der Waals surface area (Å²) in [5, 5.41) is -0.241. The van der Waals surface area contributed by atoms with Crippen molar-refractivity contribution in [1.82, 2.24) is 0 Å². The topological polar surface area (TPSA) is 78.9 Å². The quantitative estimate of drug-likeness (QED) is 0.219. The van der Waals surface area contributed by atoms with Crippen LogP contribution in [0.1, 0.15) is 66.9 Å². The van der Waals surface area contributed by atoms with Crippen LogP contribution in [-0.2, 0) is 34.9 Å². The minimum absolute atomic E-state index is 0.0167. The highest BCUT2D eigenvalue weighted by atomic mass is 28.4. The molecule has 1 aromatic carbocycles. The average Bonchev–Trinajstić information content (AvgIpc) is 2.73. The Kier molecular flexibility index (Phi) is 11.3. The number of benzene rings is 1. The molecule has 204 valence electrons. The van der Waals surface area contributed by atoms with Gasteiger partial charge in [0.25, 0.3) is 0 Å². The number of rotatable bonds is 12. The minimum Gasteiger partial charge on any atom is -0.461 e. The molecule has 1 rings (SSSR count). The highest BCUT2D eigenvalue weighted by molar-refractivity contribution is 7.06. The first-order valence-corrected chi connectivity index (χ1v) is 18.8. The molecule has 0 radical (unpaired) electrons. The van der Waals surface area contributed by atoms with Crippen LogP contribution in [0.4, 0.5) is 0 Å². The molecule has 0 spiro atoms. The Morgan fingerprint density at radius 3 is 1.86 bits per heavy atom. The van der Waals surface area contributed by atoms with Gasteiger partial charge < -0.3 is 18.7 Å². The van der Waals surface area contributed by atoms with E-state index in [9.17, 15) is 14.4 Å². The molecule has 0 fully saturated rings. The zero-order chi connectivity index (χ0) is 27.9. The van der Waals surface area contributed by atoms with Crippen LogP contribution in [0.15, 0.2) is 30.3 Å². The lowest BCUT2D eigenvalue weighted by atomic mass is 10.0. The Hall–Kier alpha value is -1.78. The van der Waals surface area contributed by atoms with Crippen LogP contribution in [0.3, 0.4) is 0 Å². The van der Waals surface area contributed by atoms with E-state index in [4.69, 9.17) is 13.9 Å². The lowest BCUT2D eigenvalue weighted by Gasteiger charge is -2.40. The maximum absolute atomic E-state index is 13.6. The van der Waals surface area contributed by atoms with Gasteiger partial charge in [0.1, 0.15) is 14.7 Å². The molecule has 0 saturated heterocycles. The van der Waals surface area contributed by atoms with Crippen LogP contribution >= 0.6 is 0 Å². The largest absolute Gasteiger partial charge is 0.461 e. The van der Waals surface area contributed by atoms with Crippen molar-refractivity contribution in [1.29, 1.82) is 0 Å². The van der Waals surface area contributed by atoms with Crippen molar-refractivity contribution in [3.8, 4) is 0 Å². The van der Waals surface area contributed by atoms with Crippen molar-refractivity contribution in [2.45, 2.75) is 110 Å². The number of hydrogen-bond acceptors (Lipinski definition) is 6. The van der Waals surface area contributed by atoms with Gasteiger partial charge in [-0.25, -0.2) is 0 Å². The summed E-state index contributed by atoms with van der Waals surface area (Å²) in [6.07, 6.45) is -0.810. The number of hydrogen-bond donors (Lipinski definition) is 0. The second kappa shape index (κ2) is 12.6. The minimum atomic E-state index is -2.44. The van der Waals surface area contributed by atoms with Crippen molar-refractivity contribution in [2.24, 2.45) is 5.92 Å². The fraction of sp³-hybridized carbons (Fsp3) is 0.679. The van der Waals surface area contributed by atoms with E-state index in [1.54, 1.807) is 0 Å². The van der Waals surface area contributed by atoms with Crippen molar-refractivity contribution < 1.29 is 28.3 Å². The van der Waals surface area contributed by atoms with E-state index in [0.717, 1.165) is 5.56 Å². The van der Waals surface area contributed by atoms with E-state index in [1.165, 1.54) is 0 Å². The smallest absolute Gasteiger partial charge is 0.306 e. The number of esters is 2. The van der Waals surface area contributed by atoms with Crippen LogP contribution in [0, 0.1) is 5.92 Å². The summed E-state index contributed by atoms with van der Waals surface area (Å²) in [4.78, 5) is 38.8. The first-order valence-electron chi connectivity index (χ1n) is 12.8. The van der Waals surface area contributed by atoms with E-state index in [-0.39, 0.29) is 53.4 Å². The van der Waals surface area contributed by atoms with E-state index in [0.29, 0.717) is 0 Å². The molecule has 0 aromatic heterocycles. The molecule has 0 heterocycles. The van der Waals surface area contributed by atoms with Crippen LogP contribution in [0.25, 0.3) is 0 Å². The van der Waals surface area contributed by atoms with Crippen molar-refractivity contribution in [3.63, 3.8) is 0 Å². The Labute approximate surface area is 220 Å². The standard InChI is InChI=1S/C28H48O6Si2/c1-21(17-24(29)32-19-22-15-13-12-14-16-22)18-25(30)34-23(20-33-36(10,11)28(5,6)7)26(31)35(8,9)27(2,3)4/h12-16,21,23H,17-20H2,1-11H3. The van der Waals surface area contributed by atoms with Gasteiger partial charge in [-0.2, -0.15) is 0 Å². The molecule has 0 aliphatic rings. The van der Waals surface area contributed by atoms with Gasteiger partial charge in [-0.3, -0.25) is 9.59 Å². The lowest BCUT2D eigenvalue weighted by molar-refractivity contribution is -0.156. The SMILES string of the molecule is CC(CC(=O)OCc1ccccc1)CC(=O)OC(CO[Si](C)(C)C(C)(C)C)C(=O)[Si](C)(C)C(C)(C)C. The summed E-state index contributed by atoms with van der Waals surface area (Å²) in [5.41, 5.74) is 0.909. The first-order chi connectivity index (χ1) is 16.3. The zero-order valence-corrected chi connectivity index (χ0v) is 26.3. The molecule has 0 amide bonds. The van der Waals surface area contributed by atoms with E-state index < -0.39 is 28.5 Å². The highest BCUT2D eigenvalue weighted by Gasteiger charge is 2.47. The second-order valence-corrected chi connectivity index (χ2v) is 23.0. The summed E-state index contributed by atoms with van der Waals surface area (Å²) >= 11 is 0. The highest BCUT2D eigenvalue weighted by Crippen LogP contribution is 2.39. The Balaban J connectivity index is 2.83. The third-order valence-electron chi connectivity index (χ3n) is 7.73. The molecule has 0 aliphatic carbocycles. The molecule has 6 nitrogen and oxygen atoms in total. The monoisotopic (exact) mass is 536 g/mol. The molecule has 0 N–H and O–H groups in total. The van der Waals surface area contributed by atoms with E-state index in [1.807, 2.05) is 50.3 Å². The Morgan fingerprint density at radius 2 is 1.36 bits per heavy atom. The van der Waals surface area contributed by atoms with Gasteiger partial charge in [0, 0.05) is 12.8 Å². The van der Waals surface area contributed by atoms with Gasteiger partial charge in [0.2, 0.25) is 0 Å². The predicted octanol–water partition coefficient (Wildman–Crippen LogP) is 6.70. The van der Waals surface area contributed by atoms with Gasteiger partial charge in [-0.1, -0.05) is 91.9 Å². The second-order valence-electron chi connectivity index (χ2n) is 12.9. The normalized spacial score (nSPS) is 14.6. The number of ether oxygens (including phenoxy) is 2. The van der Waals surface area contributed by atoms with Crippen molar-refractivity contribution >= 4 is 33.7 Å². The van der Waals surface area contributed by atoms with Gasteiger partial charge in [0.05, 0.1) is 6.61 Å². The van der Waals surface area contributed by atoms with Gasteiger partial charge in [0.15, 0.2) is 19.8 Å². The van der Waals surface area contributed by atoms with E-state index in [2.05, 4.69) is 54.6 Å². The molecule has 36 heavy (non-hydrogen) atoms. The molecule has 2 unspecified atom stereocenters. The van der Waals surface area contributed by atoms with Crippen LogP contribution < -0.4 is 0 Å². The lowest BCUT2D eigenvalue weighted by Crippen LogP contribution is -2.55. The molecule has 0 saturated carbocycles. The summed E-state index contributed by atoms with van der Waals surface area (Å²) in [6, 6.07) is 9.45. The maximum Gasteiger partial charge on any atom is 0.306 e. The Bertz CT molecular complexity index is 882. The van der Waals surface area contributed by atoms with Gasteiger partial charge >= 0.3 is 11.9 Å². The predicted molar refractivity (Wildman–Crippen MR) is 150 cm³/mol. The summed E-state index contributed by atoms with van der Waals surface area (Å²) in [6.45, 7) is 22.9. The average molecular weight is 537 g/mol. The summed E-state index contributed by atoms with van der Waals surface area (Å²) in [5.74, 6) is -1.13. The fourth-order valence-corrected chi connectivity index (χ4v) is 5.77. The first kappa shape index (κ1) is 32.3. The molecule has 0 bridgehead atoms. The fourth-order valence-electron chi connectivity index (χ4n) is 3.08. The molecule has 0 aliphatic heterocycles.